The van der Waals surface area contributed by atoms with E-state index in [9.17, 15) is 4.79 Å². The Labute approximate surface area is 88.8 Å². The molecule has 80 valence electrons. The molecule has 1 aromatic rings. The summed E-state index contributed by atoms with van der Waals surface area (Å²) in [4.78, 5) is 11.7. The standard InChI is InChI=1S/C11H15N3O/c1-7-6-10(7)13-11(15)8-2-4-9(14-12)5-3-8/h2-5,7,10,14H,6,12H2,1H3,(H,13,15). The number of amides is 1. The Bertz CT molecular complexity index is 361. The summed E-state index contributed by atoms with van der Waals surface area (Å²) in [6.07, 6.45) is 1.09. The number of nitrogens with two attached hydrogens (primary N) is 1. The van der Waals surface area contributed by atoms with Crippen LogP contribution in [-0.4, -0.2) is 11.9 Å². The van der Waals surface area contributed by atoms with Gasteiger partial charge in [-0.25, -0.2) is 0 Å². The van der Waals surface area contributed by atoms with E-state index < -0.39 is 0 Å². The van der Waals surface area contributed by atoms with Gasteiger partial charge in [-0.05, 0) is 36.6 Å². The molecular formula is C11H15N3O. The van der Waals surface area contributed by atoms with Crippen molar-refractivity contribution in [1.29, 1.82) is 0 Å². The van der Waals surface area contributed by atoms with E-state index in [0.717, 1.165) is 12.1 Å². The minimum Gasteiger partial charge on any atom is -0.349 e. The van der Waals surface area contributed by atoms with Crippen LogP contribution in [0.3, 0.4) is 0 Å². The van der Waals surface area contributed by atoms with Gasteiger partial charge in [-0.1, -0.05) is 6.92 Å². The van der Waals surface area contributed by atoms with Gasteiger partial charge in [-0.3, -0.25) is 10.6 Å². The fourth-order valence-corrected chi connectivity index (χ4v) is 1.49. The van der Waals surface area contributed by atoms with Gasteiger partial charge in [0, 0.05) is 17.3 Å². The van der Waals surface area contributed by atoms with Crippen molar-refractivity contribution in [1.82, 2.24) is 5.32 Å². The number of benzene rings is 1. The molecule has 1 saturated carbocycles. The Morgan fingerprint density at radius 1 is 1.40 bits per heavy atom. The minimum absolute atomic E-state index is 0.00655. The fourth-order valence-electron chi connectivity index (χ4n) is 1.49. The molecule has 0 radical (unpaired) electrons. The number of hydrogen-bond acceptors (Lipinski definition) is 3. The summed E-state index contributed by atoms with van der Waals surface area (Å²) < 4.78 is 0. The highest BCUT2D eigenvalue weighted by atomic mass is 16.1. The molecule has 2 unspecified atom stereocenters. The molecule has 1 fully saturated rings. The molecule has 4 nitrogen and oxygen atoms in total. The SMILES string of the molecule is CC1CC1NC(=O)c1ccc(NN)cc1. The van der Waals surface area contributed by atoms with Crippen LogP contribution in [0.2, 0.25) is 0 Å². The van der Waals surface area contributed by atoms with Crippen molar-refractivity contribution >= 4 is 11.6 Å². The maximum absolute atomic E-state index is 11.7. The second-order valence-corrected chi connectivity index (χ2v) is 4.01. The summed E-state index contributed by atoms with van der Waals surface area (Å²) in [7, 11) is 0. The molecule has 0 spiro atoms. The van der Waals surface area contributed by atoms with Gasteiger partial charge in [0.2, 0.25) is 0 Å². The number of anilines is 1. The number of hydrogen-bond donors (Lipinski definition) is 3. The van der Waals surface area contributed by atoms with Crippen LogP contribution in [0.4, 0.5) is 5.69 Å². The number of rotatable bonds is 3. The lowest BCUT2D eigenvalue weighted by atomic mass is 10.2. The summed E-state index contributed by atoms with van der Waals surface area (Å²) in [6.45, 7) is 2.13. The van der Waals surface area contributed by atoms with E-state index in [0.29, 0.717) is 17.5 Å². The van der Waals surface area contributed by atoms with Crippen molar-refractivity contribution < 1.29 is 4.79 Å². The smallest absolute Gasteiger partial charge is 0.251 e. The quantitative estimate of drug-likeness (QED) is 0.511. The molecule has 1 amide bonds. The van der Waals surface area contributed by atoms with Crippen molar-refractivity contribution in [2.24, 2.45) is 11.8 Å². The first-order chi connectivity index (χ1) is 7.20. The van der Waals surface area contributed by atoms with Crippen LogP contribution >= 0.6 is 0 Å². The van der Waals surface area contributed by atoms with Crippen LogP contribution in [0.5, 0.6) is 0 Å². The second kappa shape index (κ2) is 3.90. The molecule has 4 heteroatoms. The highest BCUT2D eigenvalue weighted by molar-refractivity contribution is 5.94. The highest BCUT2D eigenvalue weighted by Crippen LogP contribution is 2.29. The van der Waals surface area contributed by atoms with Crippen LogP contribution in [-0.2, 0) is 0 Å². The van der Waals surface area contributed by atoms with Crippen LogP contribution in [0.25, 0.3) is 0 Å². The van der Waals surface area contributed by atoms with Gasteiger partial charge in [-0.2, -0.15) is 0 Å². The molecule has 0 bridgehead atoms. The lowest BCUT2D eigenvalue weighted by Crippen LogP contribution is -2.26. The van der Waals surface area contributed by atoms with Crippen LogP contribution < -0.4 is 16.6 Å². The van der Waals surface area contributed by atoms with E-state index in [1.807, 2.05) is 0 Å². The first-order valence-corrected chi connectivity index (χ1v) is 5.08. The average molecular weight is 205 g/mol. The number of hydrazine groups is 1. The summed E-state index contributed by atoms with van der Waals surface area (Å²) in [6, 6.07) is 7.45. The van der Waals surface area contributed by atoms with Crippen LogP contribution in [0.15, 0.2) is 24.3 Å². The first-order valence-electron chi connectivity index (χ1n) is 5.08. The summed E-state index contributed by atoms with van der Waals surface area (Å²) in [5, 5.41) is 2.97. The Balaban J connectivity index is 1.99. The Morgan fingerprint density at radius 2 is 2.00 bits per heavy atom. The molecule has 1 aliphatic rings. The van der Waals surface area contributed by atoms with E-state index in [1.165, 1.54) is 0 Å². The zero-order chi connectivity index (χ0) is 10.8. The molecule has 2 rings (SSSR count). The van der Waals surface area contributed by atoms with E-state index in [-0.39, 0.29) is 5.91 Å². The molecule has 0 heterocycles. The van der Waals surface area contributed by atoms with Crippen LogP contribution in [0.1, 0.15) is 23.7 Å². The molecule has 15 heavy (non-hydrogen) atoms. The Hall–Kier alpha value is -1.55. The summed E-state index contributed by atoms with van der Waals surface area (Å²) in [5.41, 5.74) is 3.99. The second-order valence-electron chi connectivity index (χ2n) is 4.01. The van der Waals surface area contributed by atoms with Crippen molar-refractivity contribution in [2.75, 3.05) is 5.43 Å². The molecule has 1 aromatic carbocycles. The number of carbonyl (C=O) groups is 1. The summed E-state index contributed by atoms with van der Waals surface area (Å²) in [5.74, 6) is 5.85. The minimum atomic E-state index is -0.00655. The lowest BCUT2D eigenvalue weighted by Gasteiger charge is -2.04. The molecular weight excluding hydrogens is 190 g/mol. The van der Waals surface area contributed by atoms with E-state index in [2.05, 4.69) is 17.7 Å². The largest absolute Gasteiger partial charge is 0.349 e. The third-order valence-electron chi connectivity index (χ3n) is 2.74. The highest BCUT2D eigenvalue weighted by Gasteiger charge is 2.33. The normalized spacial score (nSPS) is 23.3. The van der Waals surface area contributed by atoms with Crippen molar-refractivity contribution in [3.05, 3.63) is 29.8 Å². The maximum atomic E-state index is 11.7. The number of nitrogens with one attached hydrogen (secondary N) is 2. The van der Waals surface area contributed by atoms with Gasteiger partial charge in [0.1, 0.15) is 0 Å². The fraction of sp³-hybridized carbons (Fsp3) is 0.364. The first kappa shape index (κ1) is 9.98. The lowest BCUT2D eigenvalue weighted by molar-refractivity contribution is 0.0949. The van der Waals surface area contributed by atoms with Crippen molar-refractivity contribution in [2.45, 2.75) is 19.4 Å². The van der Waals surface area contributed by atoms with Gasteiger partial charge in [0.25, 0.3) is 5.91 Å². The third-order valence-corrected chi connectivity index (χ3v) is 2.74. The monoisotopic (exact) mass is 205 g/mol. The third kappa shape index (κ3) is 2.27. The Morgan fingerprint density at radius 3 is 2.47 bits per heavy atom. The van der Waals surface area contributed by atoms with Gasteiger partial charge in [0.05, 0.1) is 0 Å². The molecule has 0 aromatic heterocycles. The molecule has 1 aliphatic carbocycles. The topological polar surface area (TPSA) is 67.2 Å². The number of carbonyl (C=O) groups excluding carboxylic acids is 1. The van der Waals surface area contributed by atoms with Crippen molar-refractivity contribution in [3.63, 3.8) is 0 Å². The zero-order valence-electron chi connectivity index (χ0n) is 8.66. The number of nitrogen functional groups attached to an aromatic ring is 1. The predicted molar refractivity (Wildman–Crippen MR) is 59.3 cm³/mol. The van der Waals surface area contributed by atoms with Gasteiger partial charge in [-0.15, -0.1) is 0 Å². The van der Waals surface area contributed by atoms with Gasteiger partial charge in [0.15, 0.2) is 0 Å². The van der Waals surface area contributed by atoms with Gasteiger partial charge >= 0.3 is 0 Å². The molecule has 2 atom stereocenters. The average Bonchev–Trinajstić information content (AvgIpc) is 2.94. The van der Waals surface area contributed by atoms with E-state index in [1.54, 1.807) is 24.3 Å². The van der Waals surface area contributed by atoms with Crippen LogP contribution in [0, 0.1) is 5.92 Å². The van der Waals surface area contributed by atoms with Crippen molar-refractivity contribution in [3.8, 4) is 0 Å². The summed E-state index contributed by atoms with van der Waals surface area (Å²) >= 11 is 0. The zero-order valence-corrected chi connectivity index (χ0v) is 8.66. The van der Waals surface area contributed by atoms with E-state index >= 15 is 0 Å². The molecule has 4 N–H and O–H groups in total. The van der Waals surface area contributed by atoms with E-state index in [4.69, 9.17) is 5.84 Å². The Kier molecular flexibility index (Phi) is 2.60. The maximum Gasteiger partial charge on any atom is 0.251 e. The molecule has 0 saturated heterocycles. The van der Waals surface area contributed by atoms with Gasteiger partial charge < -0.3 is 10.7 Å². The predicted octanol–water partition coefficient (Wildman–Crippen LogP) is 1.11. The molecule has 0 aliphatic heterocycles.